The van der Waals surface area contributed by atoms with Crippen molar-refractivity contribution in [1.29, 1.82) is 0 Å². The van der Waals surface area contributed by atoms with E-state index in [4.69, 9.17) is 22.1 Å². The third-order valence-electron chi connectivity index (χ3n) is 3.43. The van der Waals surface area contributed by atoms with Gasteiger partial charge in [-0.2, -0.15) is 0 Å². The number of nitrogens with two attached hydrogens (primary N) is 1. The normalized spacial score (nSPS) is 17.1. The van der Waals surface area contributed by atoms with Crippen molar-refractivity contribution in [2.45, 2.75) is 25.4 Å². The van der Waals surface area contributed by atoms with Crippen LogP contribution in [0.15, 0.2) is 24.3 Å². The van der Waals surface area contributed by atoms with E-state index in [9.17, 15) is 4.79 Å². The van der Waals surface area contributed by atoms with Crippen molar-refractivity contribution in [3.05, 3.63) is 34.9 Å². The number of hydrogen-bond acceptors (Lipinski definition) is 3. The standard InChI is InChI=1S/C14H19ClN2O2.ClH/c15-12-3-1-2-10(8-12)9-17-14(18)13(16)11-4-6-19-7-5-11;/h1-3,8,11,13H,4-7,9,16H2,(H,17,18);1H. The van der Waals surface area contributed by atoms with Crippen molar-refractivity contribution in [1.82, 2.24) is 5.32 Å². The summed E-state index contributed by atoms with van der Waals surface area (Å²) in [6, 6.07) is 6.97. The Kier molecular flexibility index (Phi) is 7.30. The first-order valence-corrected chi connectivity index (χ1v) is 6.90. The highest BCUT2D eigenvalue weighted by molar-refractivity contribution is 6.30. The second-order valence-corrected chi connectivity index (χ2v) is 5.26. The molecule has 1 saturated heterocycles. The molecule has 0 bridgehead atoms. The maximum absolute atomic E-state index is 12.0. The van der Waals surface area contributed by atoms with Crippen molar-refractivity contribution in [2.75, 3.05) is 13.2 Å². The maximum Gasteiger partial charge on any atom is 0.237 e. The Hall–Kier alpha value is -0.810. The lowest BCUT2D eigenvalue weighted by Crippen LogP contribution is -2.46. The predicted molar refractivity (Wildman–Crippen MR) is 82.1 cm³/mol. The second-order valence-electron chi connectivity index (χ2n) is 4.82. The summed E-state index contributed by atoms with van der Waals surface area (Å²) >= 11 is 5.89. The molecule has 3 N–H and O–H groups in total. The van der Waals surface area contributed by atoms with Gasteiger partial charge in [0.25, 0.3) is 0 Å². The minimum Gasteiger partial charge on any atom is -0.381 e. The number of halogens is 2. The zero-order valence-electron chi connectivity index (χ0n) is 11.2. The number of hydrogen-bond donors (Lipinski definition) is 2. The molecular weight excluding hydrogens is 299 g/mol. The molecule has 0 spiro atoms. The van der Waals surface area contributed by atoms with Gasteiger partial charge in [-0.25, -0.2) is 0 Å². The van der Waals surface area contributed by atoms with E-state index in [1.807, 2.05) is 18.2 Å². The number of amides is 1. The first kappa shape index (κ1) is 17.2. The largest absolute Gasteiger partial charge is 0.381 e. The molecule has 1 aromatic rings. The van der Waals surface area contributed by atoms with E-state index in [1.165, 1.54) is 0 Å². The molecule has 2 rings (SSSR count). The van der Waals surface area contributed by atoms with Gasteiger partial charge in [0.05, 0.1) is 6.04 Å². The Balaban J connectivity index is 0.00000200. The molecule has 0 saturated carbocycles. The van der Waals surface area contributed by atoms with Crippen LogP contribution in [0.3, 0.4) is 0 Å². The van der Waals surface area contributed by atoms with E-state index in [-0.39, 0.29) is 24.2 Å². The number of rotatable bonds is 4. The molecule has 1 atom stereocenters. The van der Waals surface area contributed by atoms with E-state index in [1.54, 1.807) is 6.07 Å². The van der Waals surface area contributed by atoms with Crippen LogP contribution in [0.2, 0.25) is 5.02 Å². The Morgan fingerprint density at radius 3 is 2.80 bits per heavy atom. The minimum atomic E-state index is -0.455. The molecule has 4 nitrogen and oxygen atoms in total. The lowest BCUT2D eigenvalue weighted by Gasteiger charge is -2.26. The van der Waals surface area contributed by atoms with Gasteiger partial charge in [-0.15, -0.1) is 12.4 Å². The van der Waals surface area contributed by atoms with E-state index in [2.05, 4.69) is 5.32 Å². The van der Waals surface area contributed by atoms with Gasteiger partial charge in [-0.1, -0.05) is 23.7 Å². The van der Waals surface area contributed by atoms with Gasteiger partial charge in [0.2, 0.25) is 5.91 Å². The Morgan fingerprint density at radius 2 is 2.15 bits per heavy atom. The highest BCUT2D eigenvalue weighted by Gasteiger charge is 2.26. The van der Waals surface area contributed by atoms with E-state index in [0.717, 1.165) is 18.4 Å². The van der Waals surface area contributed by atoms with Crippen LogP contribution in [0.1, 0.15) is 18.4 Å². The summed E-state index contributed by atoms with van der Waals surface area (Å²) in [6.07, 6.45) is 1.71. The van der Waals surface area contributed by atoms with Crippen molar-refractivity contribution >= 4 is 29.9 Å². The molecule has 1 amide bonds. The minimum absolute atomic E-state index is 0. The zero-order chi connectivity index (χ0) is 13.7. The lowest BCUT2D eigenvalue weighted by atomic mass is 9.92. The van der Waals surface area contributed by atoms with Crippen LogP contribution < -0.4 is 11.1 Å². The van der Waals surface area contributed by atoms with Crippen LogP contribution in [0.25, 0.3) is 0 Å². The average molecular weight is 319 g/mol. The molecule has 1 heterocycles. The monoisotopic (exact) mass is 318 g/mol. The second kappa shape index (κ2) is 8.47. The molecule has 1 aliphatic rings. The molecule has 112 valence electrons. The van der Waals surface area contributed by atoms with E-state index < -0.39 is 6.04 Å². The Bertz CT molecular complexity index is 437. The van der Waals surface area contributed by atoms with Crippen LogP contribution in [0, 0.1) is 5.92 Å². The molecule has 20 heavy (non-hydrogen) atoms. The summed E-state index contributed by atoms with van der Waals surface area (Å²) < 4.78 is 5.27. The van der Waals surface area contributed by atoms with Gasteiger partial charge in [-0.3, -0.25) is 4.79 Å². The van der Waals surface area contributed by atoms with E-state index >= 15 is 0 Å². The predicted octanol–water partition coefficient (Wildman–Crippen LogP) is 2.13. The summed E-state index contributed by atoms with van der Waals surface area (Å²) in [5, 5.41) is 3.53. The van der Waals surface area contributed by atoms with Gasteiger partial charge in [-0.05, 0) is 36.5 Å². The molecule has 0 radical (unpaired) electrons. The summed E-state index contributed by atoms with van der Waals surface area (Å²) in [6.45, 7) is 1.84. The fraction of sp³-hybridized carbons (Fsp3) is 0.500. The van der Waals surface area contributed by atoms with Gasteiger partial charge in [0, 0.05) is 24.8 Å². The van der Waals surface area contributed by atoms with Gasteiger partial charge in [0.1, 0.15) is 0 Å². The number of carbonyl (C=O) groups excluding carboxylic acids is 1. The van der Waals surface area contributed by atoms with Crippen LogP contribution in [0.5, 0.6) is 0 Å². The lowest BCUT2D eigenvalue weighted by molar-refractivity contribution is -0.124. The molecule has 0 aliphatic carbocycles. The third kappa shape index (κ3) is 4.94. The topological polar surface area (TPSA) is 64.4 Å². The molecule has 0 aromatic heterocycles. The van der Waals surface area contributed by atoms with E-state index in [0.29, 0.717) is 24.8 Å². The number of nitrogens with one attached hydrogen (secondary N) is 1. The summed E-state index contributed by atoms with van der Waals surface area (Å²) in [4.78, 5) is 12.0. The highest BCUT2D eigenvalue weighted by atomic mass is 35.5. The van der Waals surface area contributed by atoms with Gasteiger partial charge in [0.15, 0.2) is 0 Å². The summed E-state index contributed by atoms with van der Waals surface area (Å²) in [7, 11) is 0. The number of carbonyl (C=O) groups is 1. The smallest absolute Gasteiger partial charge is 0.237 e. The summed E-state index contributed by atoms with van der Waals surface area (Å²) in [5.41, 5.74) is 6.96. The quantitative estimate of drug-likeness (QED) is 0.893. The van der Waals surface area contributed by atoms with Crippen molar-refractivity contribution in [2.24, 2.45) is 11.7 Å². The average Bonchev–Trinajstić information content (AvgIpc) is 2.45. The Labute approximate surface area is 130 Å². The van der Waals surface area contributed by atoms with Crippen LogP contribution in [0.4, 0.5) is 0 Å². The number of benzene rings is 1. The fourth-order valence-corrected chi connectivity index (χ4v) is 2.46. The maximum atomic E-state index is 12.0. The number of ether oxygens (including phenoxy) is 1. The van der Waals surface area contributed by atoms with Crippen LogP contribution in [-0.4, -0.2) is 25.2 Å². The van der Waals surface area contributed by atoms with Gasteiger partial charge >= 0.3 is 0 Å². The molecule has 1 fully saturated rings. The van der Waals surface area contributed by atoms with Crippen molar-refractivity contribution in [3.63, 3.8) is 0 Å². The van der Waals surface area contributed by atoms with Gasteiger partial charge < -0.3 is 15.8 Å². The molecule has 1 aromatic carbocycles. The summed E-state index contributed by atoms with van der Waals surface area (Å²) in [5.74, 6) is 0.111. The highest BCUT2D eigenvalue weighted by Crippen LogP contribution is 2.17. The third-order valence-corrected chi connectivity index (χ3v) is 3.67. The fourth-order valence-electron chi connectivity index (χ4n) is 2.24. The zero-order valence-corrected chi connectivity index (χ0v) is 12.8. The molecule has 6 heteroatoms. The Morgan fingerprint density at radius 1 is 1.45 bits per heavy atom. The molecular formula is C14H20Cl2N2O2. The van der Waals surface area contributed by atoms with Crippen LogP contribution >= 0.6 is 24.0 Å². The molecule has 1 aliphatic heterocycles. The first-order chi connectivity index (χ1) is 9.16. The molecule has 1 unspecified atom stereocenters. The SMILES string of the molecule is Cl.NC(C(=O)NCc1cccc(Cl)c1)C1CCOCC1. The first-order valence-electron chi connectivity index (χ1n) is 6.52. The van der Waals surface area contributed by atoms with Crippen molar-refractivity contribution < 1.29 is 9.53 Å². The van der Waals surface area contributed by atoms with Crippen LogP contribution in [-0.2, 0) is 16.1 Å². The van der Waals surface area contributed by atoms with Crippen molar-refractivity contribution in [3.8, 4) is 0 Å².